The first kappa shape index (κ1) is 16.1. The summed E-state index contributed by atoms with van der Waals surface area (Å²) in [7, 11) is 1.47. The fraction of sp³-hybridized carbons (Fsp3) is 0.429. The molecule has 110 valence electrons. The van der Waals surface area contributed by atoms with Gasteiger partial charge < -0.3 is 20.9 Å². The molecule has 1 unspecified atom stereocenters. The third-order valence-electron chi connectivity index (χ3n) is 3.09. The summed E-state index contributed by atoms with van der Waals surface area (Å²) in [5.74, 6) is -1.26. The Hall–Kier alpha value is -1.92. The van der Waals surface area contributed by atoms with E-state index >= 15 is 0 Å². The van der Waals surface area contributed by atoms with E-state index < -0.39 is 17.4 Å². The van der Waals surface area contributed by atoms with Gasteiger partial charge in [-0.05, 0) is 31.5 Å². The summed E-state index contributed by atoms with van der Waals surface area (Å²) >= 11 is 0. The van der Waals surface area contributed by atoms with Gasteiger partial charge in [0.2, 0.25) is 5.91 Å². The molecule has 1 aromatic rings. The van der Waals surface area contributed by atoms with Crippen molar-refractivity contribution in [2.75, 3.05) is 19.0 Å². The molecule has 1 atom stereocenters. The SMILES string of the molecule is COCC(N)C(=O)Nc1ccc(C(C)(C)C(=O)O)cc1. The molecule has 1 aromatic carbocycles. The average molecular weight is 280 g/mol. The van der Waals surface area contributed by atoms with Gasteiger partial charge in [0.05, 0.1) is 12.0 Å². The zero-order valence-electron chi connectivity index (χ0n) is 11.8. The predicted octanol–water partition coefficient (Wildman–Crippen LogP) is 0.961. The number of anilines is 1. The normalized spacial score (nSPS) is 12.8. The van der Waals surface area contributed by atoms with Crippen molar-refractivity contribution < 1.29 is 19.4 Å². The van der Waals surface area contributed by atoms with Crippen molar-refractivity contribution in [3.63, 3.8) is 0 Å². The van der Waals surface area contributed by atoms with E-state index in [-0.39, 0.29) is 12.5 Å². The van der Waals surface area contributed by atoms with E-state index in [2.05, 4.69) is 5.32 Å². The number of nitrogens with one attached hydrogen (secondary N) is 1. The zero-order chi connectivity index (χ0) is 15.3. The highest BCUT2D eigenvalue weighted by molar-refractivity contribution is 5.94. The molecular weight excluding hydrogens is 260 g/mol. The second-order valence-electron chi connectivity index (χ2n) is 5.06. The fourth-order valence-corrected chi connectivity index (χ4v) is 1.58. The molecular formula is C14H20N2O4. The van der Waals surface area contributed by atoms with Crippen LogP contribution in [0.15, 0.2) is 24.3 Å². The first-order valence-electron chi connectivity index (χ1n) is 6.18. The number of carbonyl (C=O) groups is 2. The fourth-order valence-electron chi connectivity index (χ4n) is 1.58. The number of amides is 1. The lowest BCUT2D eigenvalue weighted by atomic mass is 9.85. The van der Waals surface area contributed by atoms with Crippen molar-refractivity contribution >= 4 is 17.6 Å². The van der Waals surface area contributed by atoms with Gasteiger partial charge in [0.1, 0.15) is 6.04 Å². The minimum absolute atomic E-state index is 0.135. The maximum Gasteiger partial charge on any atom is 0.313 e. The molecule has 0 saturated heterocycles. The van der Waals surface area contributed by atoms with Crippen LogP contribution in [0, 0.1) is 0 Å². The molecule has 0 heterocycles. The van der Waals surface area contributed by atoms with Gasteiger partial charge in [-0.15, -0.1) is 0 Å². The molecule has 0 aliphatic heterocycles. The highest BCUT2D eigenvalue weighted by Gasteiger charge is 2.29. The van der Waals surface area contributed by atoms with Crippen LogP contribution in [0.4, 0.5) is 5.69 Å². The molecule has 0 aliphatic carbocycles. The Bertz CT molecular complexity index is 482. The molecule has 20 heavy (non-hydrogen) atoms. The first-order chi connectivity index (χ1) is 9.28. The van der Waals surface area contributed by atoms with Gasteiger partial charge in [-0.25, -0.2) is 0 Å². The van der Waals surface area contributed by atoms with E-state index in [0.717, 1.165) is 0 Å². The summed E-state index contributed by atoms with van der Waals surface area (Å²) in [5.41, 5.74) is 5.84. The van der Waals surface area contributed by atoms with Gasteiger partial charge in [-0.1, -0.05) is 12.1 Å². The Morgan fingerprint density at radius 1 is 1.35 bits per heavy atom. The second-order valence-corrected chi connectivity index (χ2v) is 5.06. The van der Waals surface area contributed by atoms with Crippen LogP contribution in [-0.4, -0.2) is 36.7 Å². The van der Waals surface area contributed by atoms with Crippen LogP contribution in [0.1, 0.15) is 19.4 Å². The lowest BCUT2D eigenvalue weighted by Crippen LogP contribution is -2.39. The Balaban J connectivity index is 2.77. The van der Waals surface area contributed by atoms with Gasteiger partial charge in [0.25, 0.3) is 0 Å². The van der Waals surface area contributed by atoms with Crippen LogP contribution >= 0.6 is 0 Å². The standard InChI is InChI=1S/C14H20N2O4/c1-14(2,13(18)19)9-4-6-10(7-5-9)16-12(17)11(15)8-20-3/h4-7,11H,8,15H2,1-3H3,(H,16,17)(H,18,19). The number of carboxylic acid groups (broad SMARTS) is 1. The van der Waals surface area contributed by atoms with Crippen LogP contribution in [0.2, 0.25) is 0 Å². The largest absolute Gasteiger partial charge is 0.481 e. The number of nitrogens with two attached hydrogens (primary N) is 1. The molecule has 6 nitrogen and oxygen atoms in total. The Morgan fingerprint density at radius 3 is 2.35 bits per heavy atom. The topological polar surface area (TPSA) is 102 Å². The molecule has 0 spiro atoms. The van der Waals surface area contributed by atoms with Crippen molar-refractivity contribution in [3.05, 3.63) is 29.8 Å². The number of ether oxygens (including phenoxy) is 1. The number of hydrogen-bond donors (Lipinski definition) is 3. The van der Waals surface area contributed by atoms with Crippen LogP contribution in [-0.2, 0) is 19.7 Å². The summed E-state index contributed by atoms with van der Waals surface area (Å²) in [6, 6.07) is 5.90. The monoisotopic (exact) mass is 280 g/mol. The summed E-state index contributed by atoms with van der Waals surface area (Å²) in [6.07, 6.45) is 0. The number of rotatable bonds is 6. The lowest BCUT2D eigenvalue weighted by Gasteiger charge is -2.20. The number of carboxylic acids is 1. The number of benzene rings is 1. The molecule has 0 aromatic heterocycles. The number of methoxy groups -OCH3 is 1. The molecule has 0 bridgehead atoms. The average Bonchev–Trinajstić information content (AvgIpc) is 2.39. The number of carbonyl (C=O) groups excluding carboxylic acids is 1. The van der Waals surface area contributed by atoms with Gasteiger partial charge in [0.15, 0.2) is 0 Å². The lowest BCUT2D eigenvalue weighted by molar-refractivity contribution is -0.142. The van der Waals surface area contributed by atoms with E-state index in [9.17, 15) is 9.59 Å². The van der Waals surface area contributed by atoms with E-state index in [1.54, 1.807) is 38.1 Å². The van der Waals surface area contributed by atoms with Crippen LogP contribution in [0.3, 0.4) is 0 Å². The third-order valence-corrected chi connectivity index (χ3v) is 3.09. The van der Waals surface area contributed by atoms with Crippen LogP contribution in [0.25, 0.3) is 0 Å². The van der Waals surface area contributed by atoms with Gasteiger partial charge in [-0.3, -0.25) is 9.59 Å². The zero-order valence-corrected chi connectivity index (χ0v) is 11.8. The van der Waals surface area contributed by atoms with Crippen molar-refractivity contribution in [3.8, 4) is 0 Å². The summed E-state index contributed by atoms with van der Waals surface area (Å²) in [6.45, 7) is 3.38. The van der Waals surface area contributed by atoms with Gasteiger partial charge in [-0.2, -0.15) is 0 Å². The van der Waals surface area contributed by atoms with Gasteiger partial charge >= 0.3 is 5.97 Å². The van der Waals surface area contributed by atoms with Gasteiger partial charge in [0, 0.05) is 12.8 Å². The van der Waals surface area contributed by atoms with E-state index in [1.807, 2.05) is 0 Å². The maximum absolute atomic E-state index is 11.7. The summed E-state index contributed by atoms with van der Waals surface area (Å²) < 4.78 is 4.80. The molecule has 1 amide bonds. The van der Waals surface area contributed by atoms with E-state index in [0.29, 0.717) is 11.3 Å². The highest BCUT2D eigenvalue weighted by Crippen LogP contribution is 2.24. The van der Waals surface area contributed by atoms with Crippen molar-refractivity contribution in [2.24, 2.45) is 5.73 Å². The van der Waals surface area contributed by atoms with Crippen molar-refractivity contribution in [2.45, 2.75) is 25.3 Å². The molecule has 0 aliphatic rings. The molecule has 0 saturated carbocycles. The predicted molar refractivity (Wildman–Crippen MR) is 75.6 cm³/mol. The van der Waals surface area contributed by atoms with E-state index in [1.165, 1.54) is 7.11 Å². The van der Waals surface area contributed by atoms with Crippen molar-refractivity contribution in [1.29, 1.82) is 0 Å². The third kappa shape index (κ3) is 3.79. The highest BCUT2D eigenvalue weighted by atomic mass is 16.5. The Labute approximate surface area is 117 Å². The summed E-state index contributed by atoms with van der Waals surface area (Å²) in [5, 5.41) is 11.8. The van der Waals surface area contributed by atoms with Crippen LogP contribution < -0.4 is 11.1 Å². The maximum atomic E-state index is 11.7. The van der Waals surface area contributed by atoms with Crippen molar-refractivity contribution in [1.82, 2.24) is 0 Å². The number of hydrogen-bond acceptors (Lipinski definition) is 4. The number of aliphatic carboxylic acids is 1. The molecule has 0 radical (unpaired) electrons. The smallest absolute Gasteiger partial charge is 0.313 e. The first-order valence-corrected chi connectivity index (χ1v) is 6.18. The Morgan fingerprint density at radius 2 is 1.90 bits per heavy atom. The van der Waals surface area contributed by atoms with E-state index in [4.69, 9.17) is 15.6 Å². The molecule has 1 rings (SSSR count). The minimum Gasteiger partial charge on any atom is -0.481 e. The quantitative estimate of drug-likeness (QED) is 0.720. The Kier molecular flexibility index (Phi) is 5.24. The molecule has 6 heteroatoms. The minimum atomic E-state index is -0.977. The molecule has 0 fully saturated rings. The molecule has 4 N–H and O–H groups in total. The second kappa shape index (κ2) is 6.49. The van der Waals surface area contributed by atoms with Crippen LogP contribution in [0.5, 0.6) is 0 Å². The summed E-state index contributed by atoms with van der Waals surface area (Å²) in [4.78, 5) is 22.8.